The first kappa shape index (κ1) is 13.2. The van der Waals surface area contributed by atoms with Gasteiger partial charge in [0.2, 0.25) is 5.91 Å². The maximum absolute atomic E-state index is 12.2. The van der Waals surface area contributed by atoms with Gasteiger partial charge in [-0.2, -0.15) is 0 Å². The topological polar surface area (TPSA) is 46.3 Å². The van der Waals surface area contributed by atoms with Crippen LogP contribution in [0.1, 0.15) is 45.4 Å². The molecule has 2 unspecified atom stereocenters. The van der Waals surface area contributed by atoms with Gasteiger partial charge >= 0.3 is 0 Å². The number of hydrogen-bond donors (Lipinski definition) is 1. The zero-order chi connectivity index (χ0) is 12.0. The lowest BCUT2D eigenvalue weighted by Gasteiger charge is -2.31. The van der Waals surface area contributed by atoms with Crippen molar-refractivity contribution in [2.24, 2.45) is 5.73 Å². The highest BCUT2D eigenvalue weighted by atomic mass is 16.2. The Balaban J connectivity index is 2.65. The van der Waals surface area contributed by atoms with Crippen molar-refractivity contribution in [2.75, 3.05) is 6.54 Å². The van der Waals surface area contributed by atoms with E-state index in [4.69, 9.17) is 5.73 Å². The molecule has 0 aromatic heterocycles. The number of carbonyl (C=O) groups is 1. The molecular formula is C13H24N2O. The molecule has 3 heteroatoms. The minimum atomic E-state index is -0.398. The Morgan fingerprint density at radius 1 is 1.56 bits per heavy atom. The van der Waals surface area contributed by atoms with Crippen molar-refractivity contribution in [1.82, 2.24) is 4.90 Å². The van der Waals surface area contributed by atoms with Crippen molar-refractivity contribution in [3.05, 3.63) is 12.7 Å². The molecule has 1 fully saturated rings. The summed E-state index contributed by atoms with van der Waals surface area (Å²) in [6, 6.07) is -0.00415. The van der Waals surface area contributed by atoms with E-state index >= 15 is 0 Å². The minimum absolute atomic E-state index is 0.105. The fourth-order valence-electron chi connectivity index (χ4n) is 2.39. The summed E-state index contributed by atoms with van der Waals surface area (Å²) in [7, 11) is 0. The highest BCUT2D eigenvalue weighted by Gasteiger charge is 2.26. The van der Waals surface area contributed by atoms with Gasteiger partial charge in [0.25, 0.3) is 0 Å². The number of carbonyl (C=O) groups excluding carboxylic acids is 1. The Bertz CT molecular complexity index is 240. The van der Waals surface area contributed by atoms with Crippen LogP contribution in [-0.4, -0.2) is 29.4 Å². The van der Waals surface area contributed by atoms with Crippen molar-refractivity contribution in [3.63, 3.8) is 0 Å². The van der Waals surface area contributed by atoms with E-state index in [0.29, 0.717) is 12.5 Å². The molecule has 1 heterocycles. The SMILES string of the molecule is C=CCC(N)C(=O)N1CCCCCC1CC. The van der Waals surface area contributed by atoms with E-state index in [2.05, 4.69) is 13.5 Å². The Morgan fingerprint density at radius 3 is 2.94 bits per heavy atom. The van der Waals surface area contributed by atoms with Crippen LogP contribution in [0.3, 0.4) is 0 Å². The van der Waals surface area contributed by atoms with Gasteiger partial charge in [0.1, 0.15) is 0 Å². The van der Waals surface area contributed by atoms with Crippen LogP contribution in [0.5, 0.6) is 0 Å². The molecule has 1 rings (SSSR count). The van der Waals surface area contributed by atoms with Crippen molar-refractivity contribution in [1.29, 1.82) is 0 Å². The predicted molar refractivity (Wildman–Crippen MR) is 67.0 cm³/mol. The highest BCUT2D eigenvalue weighted by molar-refractivity contribution is 5.82. The lowest BCUT2D eigenvalue weighted by Crippen LogP contribution is -2.48. The first-order chi connectivity index (χ1) is 7.70. The smallest absolute Gasteiger partial charge is 0.240 e. The van der Waals surface area contributed by atoms with E-state index in [1.54, 1.807) is 6.08 Å². The largest absolute Gasteiger partial charge is 0.338 e. The molecule has 92 valence electrons. The lowest BCUT2D eigenvalue weighted by atomic mass is 10.1. The van der Waals surface area contributed by atoms with E-state index in [1.165, 1.54) is 12.8 Å². The summed E-state index contributed by atoms with van der Waals surface area (Å²) in [6.45, 7) is 6.66. The van der Waals surface area contributed by atoms with Crippen LogP contribution in [0, 0.1) is 0 Å². The normalized spacial score (nSPS) is 23.6. The molecule has 0 bridgehead atoms. The minimum Gasteiger partial charge on any atom is -0.338 e. The number of nitrogens with two attached hydrogens (primary N) is 1. The van der Waals surface area contributed by atoms with Crippen LogP contribution in [0.15, 0.2) is 12.7 Å². The second-order valence-corrected chi connectivity index (χ2v) is 4.57. The Kier molecular flexibility index (Phi) is 5.53. The molecule has 2 atom stereocenters. The number of hydrogen-bond acceptors (Lipinski definition) is 2. The van der Waals surface area contributed by atoms with E-state index in [-0.39, 0.29) is 5.91 Å². The predicted octanol–water partition coefficient (Wildman–Crippen LogP) is 2.07. The zero-order valence-electron chi connectivity index (χ0n) is 10.3. The summed E-state index contributed by atoms with van der Waals surface area (Å²) in [5.74, 6) is 0.105. The van der Waals surface area contributed by atoms with Gasteiger partial charge in [0.05, 0.1) is 6.04 Å². The quantitative estimate of drug-likeness (QED) is 0.743. The summed E-state index contributed by atoms with van der Waals surface area (Å²) in [6.07, 6.45) is 8.04. The van der Waals surface area contributed by atoms with Crippen LogP contribution in [0.4, 0.5) is 0 Å². The summed E-state index contributed by atoms with van der Waals surface area (Å²) in [4.78, 5) is 14.2. The van der Waals surface area contributed by atoms with Crippen molar-refractivity contribution in [2.45, 2.75) is 57.5 Å². The third-order valence-corrected chi connectivity index (χ3v) is 3.37. The maximum atomic E-state index is 12.2. The van der Waals surface area contributed by atoms with E-state index < -0.39 is 6.04 Å². The van der Waals surface area contributed by atoms with Gasteiger partial charge in [-0.3, -0.25) is 4.79 Å². The van der Waals surface area contributed by atoms with Gasteiger partial charge < -0.3 is 10.6 Å². The number of amides is 1. The standard InChI is InChI=1S/C13H24N2O/c1-3-8-12(14)13(16)15-10-7-5-6-9-11(15)4-2/h3,11-12H,1,4-10,14H2,2H3. The highest BCUT2D eigenvalue weighted by Crippen LogP contribution is 2.20. The van der Waals surface area contributed by atoms with Crippen molar-refractivity contribution >= 4 is 5.91 Å². The van der Waals surface area contributed by atoms with Gasteiger partial charge in [-0.1, -0.05) is 25.8 Å². The van der Waals surface area contributed by atoms with Crippen LogP contribution in [0.2, 0.25) is 0 Å². The lowest BCUT2D eigenvalue weighted by molar-refractivity contribution is -0.134. The molecule has 0 saturated carbocycles. The average Bonchev–Trinajstić information content (AvgIpc) is 2.53. The molecule has 1 aliphatic rings. The summed E-state index contributed by atoms with van der Waals surface area (Å²) in [5.41, 5.74) is 5.86. The molecule has 0 radical (unpaired) electrons. The summed E-state index contributed by atoms with van der Waals surface area (Å²) >= 11 is 0. The van der Waals surface area contributed by atoms with Gasteiger partial charge in [-0.05, 0) is 25.7 Å². The van der Waals surface area contributed by atoms with Crippen molar-refractivity contribution < 1.29 is 4.79 Å². The molecule has 1 aliphatic heterocycles. The van der Waals surface area contributed by atoms with E-state index in [9.17, 15) is 4.79 Å². The van der Waals surface area contributed by atoms with Crippen LogP contribution >= 0.6 is 0 Å². The third-order valence-electron chi connectivity index (χ3n) is 3.37. The molecule has 0 aliphatic carbocycles. The molecule has 16 heavy (non-hydrogen) atoms. The van der Waals surface area contributed by atoms with E-state index in [0.717, 1.165) is 25.8 Å². The fourth-order valence-corrected chi connectivity index (χ4v) is 2.39. The van der Waals surface area contributed by atoms with Crippen LogP contribution < -0.4 is 5.73 Å². The molecular weight excluding hydrogens is 200 g/mol. The number of likely N-dealkylation sites (tertiary alicyclic amines) is 1. The van der Waals surface area contributed by atoms with E-state index in [1.807, 2.05) is 4.90 Å². The Hall–Kier alpha value is -0.830. The Morgan fingerprint density at radius 2 is 2.31 bits per heavy atom. The first-order valence-corrected chi connectivity index (χ1v) is 6.37. The third kappa shape index (κ3) is 3.34. The zero-order valence-corrected chi connectivity index (χ0v) is 10.3. The van der Waals surface area contributed by atoms with Crippen molar-refractivity contribution in [3.8, 4) is 0 Å². The van der Waals surface area contributed by atoms with Gasteiger partial charge in [-0.25, -0.2) is 0 Å². The second kappa shape index (κ2) is 6.69. The second-order valence-electron chi connectivity index (χ2n) is 4.57. The van der Waals surface area contributed by atoms with Gasteiger partial charge in [-0.15, -0.1) is 6.58 Å². The molecule has 2 N–H and O–H groups in total. The number of nitrogens with zero attached hydrogens (tertiary/aromatic N) is 1. The van der Waals surface area contributed by atoms with Gasteiger partial charge in [0.15, 0.2) is 0 Å². The molecule has 1 saturated heterocycles. The fraction of sp³-hybridized carbons (Fsp3) is 0.769. The first-order valence-electron chi connectivity index (χ1n) is 6.37. The average molecular weight is 224 g/mol. The molecule has 1 amide bonds. The molecule has 0 aromatic carbocycles. The monoisotopic (exact) mass is 224 g/mol. The molecule has 0 spiro atoms. The maximum Gasteiger partial charge on any atom is 0.240 e. The molecule has 0 aromatic rings. The summed E-state index contributed by atoms with van der Waals surface area (Å²) < 4.78 is 0. The van der Waals surface area contributed by atoms with Crippen LogP contribution in [-0.2, 0) is 4.79 Å². The Labute approximate surface area is 98.7 Å². The number of rotatable bonds is 4. The summed E-state index contributed by atoms with van der Waals surface area (Å²) in [5, 5.41) is 0. The molecule has 3 nitrogen and oxygen atoms in total. The van der Waals surface area contributed by atoms with Gasteiger partial charge in [0, 0.05) is 12.6 Å². The van der Waals surface area contributed by atoms with Crippen LogP contribution in [0.25, 0.3) is 0 Å².